The normalized spacial score (nSPS) is 16.5. The van der Waals surface area contributed by atoms with Crippen molar-refractivity contribution in [1.29, 1.82) is 0 Å². The molecule has 0 unspecified atom stereocenters. The first kappa shape index (κ1) is 17.9. The molecule has 0 aromatic heterocycles. The van der Waals surface area contributed by atoms with Crippen molar-refractivity contribution in [2.45, 2.75) is 44.7 Å². The number of piperazine rings is 1. The molecule has 5 nitrogen and oxygen atoms in total. The van der Waals surface area contributed by atoms with E-state index in [2.05, 4.69) is 23.6 Å². The molecule has 2 rings (SSSR count). The van der Waals surface area contributed by atoms with E-state index in [1.165, 1.54) is 5.56 Å². The predicted octanol–water partition coefficient (Wildman–Crippen LogP) is 2.92. The zero-order chi connectivity index (χ0) is 17.2. The first-order valence-corrected chi connectivity index (χ1v) is 8.38. The Kier molecular flexibility index (Phi) is 5.47. The fourth-order valence-electron chi connectivity index (χ4n) is 2.60. The number of thiol groups is 1. The molecular formula is C17H27N3O2S. The van der Waals surface area contributed by atoms with Crippen molar-refractivity contribution in [2.24, 2.45) is 0 Å². The first-order valence-electron chi connectivity index (χ1n) is 7.94. The highest BCUT2D eigenvalue weighted by Gasteiger charge is 2.26. The molecule has 1 aliphatic heterocycles. The summed E-state index contributed by atoms with van der Waals surface area (Å²) in [4.78, 5) is 17.1. The van der Waals surface area contributed by atoms with E-state index in [0.717, 1.165) is 35.8 Å². The van der Waals surface area contributed by atoms with Gasteiger partial charge in [0.15, 0.2) is 0 Å². The predicted molar refractivity (Wildman–Crippen MR) is 95.9 cm³/mol. The van der Waals surface area contributed by atoms with Gasteiger partial charge in [0, 0.05) is 43.3 Å². The van der Waals surface area contributed by atoms with Gasteiger partial charge in [-0.05, 0) is 51.0 Å². The van der Waals surface area contributed by atoms with Crippen molar-refractivity contribution in [1.82, 2.24) is 9.80 Å². The zero-order valence-electron chi connectivity index (χ0n) is 14.4. The van der Waals surface area contributed by atoms with Crippen molar-refractivity contribution in [3.05, 3.63) is 23.3 Å². The fraction of sp³-hybridized carbons (Fsp3) is 0.588. The minimum absolute atomic E-state index is 0.227. The summed E-state index contributed by atoms with van der Waals surface area (Å²) in [6.45, 7) is 11.6. The monoisotopic (exact) mass is 337 g/mol. The van der Waals surface area contributed by atoms with Gasteiger partial charge in [-0.2, -0.15) is 0 Å². The number of ether oxygens (including phenoxy) is 1. The summed E-state index contributed by atoms with van der Waals surface area (Å²) in [5, 5.41) is 0. The third kappa shape index (κ3) is 5.04. The number of rotatable bonds is 2. The number of carbonyl (C=O) groups is 1. The lowest BCUT2D eigenvalue weighted by Crippen LogP contribution is -2.49. The third-order valence-corrected chi connectivity index (χ3v) is 4.22. The number of nitrogen functional groups attached to an aromatic ring is 1. The molecule has 128 valence electrons. The average Bonchev–Trinajstić information content (AvgIpc) is 2.43. The quantitative estimate of drug-likeness (QED) is 0.643. The van der Waals surface area contributed by atoms with Crippen molar-refractivity contribution in [3.63, 3.8) is 0 Å². The zero-order valence-corrected chi connectivity index (χ0v) is 15.3. The number of carbonyl (C=O) groups excluding carboxylic acids is 1. The molecule has 1 amide bonds. The molecular weight excluding hydrogens is 310 g/mol. The minimum atomic E-state index is -0.449. The Balaban J connectivity index is 1.92. The minimum Gasteiger partial charge on any atom is -0.444 e. The van der Waals surface area contributed by atoms with E-state index in [1.54, 1.807) is 4.90 Å². The van der Waals surface area contributed by atoms with Gasteiger partial charge in [-0.3, -0.25) is 4.90 Å². The average molecular weight is 337 g/mol. The van der Waals surface area contributed by atoms with E-state index in [-0.39, 0.29) is 6.09 Å². The van der Waals surface area contributed by atoms with Gasteiger partial charge >= 0.3 is 6.09 Å². The summed E-state index contributed by atoms with van der Waals surface area (Å²) < 4.78 is 5.42. The van der Waals surface area contributed by atoms with E-state index in [9.17, 15) is 4.79 Å². The van der Waals surface area contributed by atoms with Crippen LogP contribution < -0.4 is 5.73 Å². The molecule has 0 spiro atoms. The van der Waals surface area contributed by atoms with Crippen LogP contribution in [-0.2, 0) is 11.3 Å². The van der Waals surface area contributed by atoms with Crippen LogP contribution in [0, 0.1) is 6.92 Å². The summed E-state index contributed by atoms with van der Waals surface area (Å²) >= 11 is 4.40. The maximum atomic E-state index is 12.1. The van der Waals surface area contributed by atoms with E-state index >= 15 is 0 Å². The second-order valence-corrected chi connectivity index (χ2v) is 7.58. The second-order valence-electron chi connectivity index (χ2n) is 7.06. The van der Waals surface area contributed by atoms with Gasteiger partial charge in [0.1, 0.15) is 5.60 Å². The molecule has 6 heteroatoms. The first-order chi connectivity index (χ1) is 10.7. The molecule has 1 aromatic rings. The van der Waals surface area contributed by atoms with E-state index in [4.69, 9.17) is 10.5 Å². The number of hydrogen-bond acceptors (Lipinski definition) is 5. The number of nitrogens with two attached hydrogens (primary N) is 1. The summed E-state index contributed by atoms with van der Waals surface area (Å²) in [5.74, 6) is 0. The Morgan fingerprint density at radius 1 is 1.26 bits per heavy atom. The Morgan fingerprint density at radius 2 is 1.87 bits per heavy atom. The van der Waals surface area contributed by atoms with Crippen molar-refractivity contribution >= 4 is 24.4 Å². The standard InChI is InChI=1S/C17H27N3O2S/c1-12-13(9-14(23)10-15(12)18)11-19-5-7-20(8-6-19)16(21)22-17(2,3)4/h9-10,23H,5-8,11,18H2,1-4H3. The highest BCUT2D eigenvalue weighted by Crippen LogP contribution is 2.23. The molecule has 23 heavy (non-hydrogen) atoms. The van der Waals surface area contributed by atoms with Crippen LogP contribution in [0.15, 0.2) is 17.0 Å². The highest BCUT2D eigenvalue weighted by molar-refractivity contribution is 7.80. The van der Waals surface area contributed by atoms with Crippen LogP contribution in [0.1, 0.15) is 31.9 Å². The van der Waals surface area contributed by atoms with Crippen LogP contribution in [0.3, 0.4) is 0 Å². The number of hydrogen-bond donors (Lipinski definition) is 2. The van der Waals surface area contributed by atoms with Gasteiger partial charge in [-0.15, -0.1) is 12.6 Å². The molecule has 0 saturated carbocycles. The van der Waals surface area contributed by atoms with Crippen molar-refractivity contribution < 1.29 is 9.53 Å². The lowest BCUT2D eigenvalue weighted by atomic mass is 10.1. The van der Waals surface area contributed by atoms with Gasteiger partial charge in [0.25, 0.3) is 0 Å². The Morgan fingerprint density at radius 3 is 2.43 bits per heavy atom. The van der Waals surface area contributed by atoms with Gasteiger partial charge < -0.3 is 15.4 Å². The van der Waals surface area contributed by atoms with Gasteiger partial charge in [0.05, 0.1) is 0 Å². The molecule has 1 fully saturated rings. The summed E-state index contributed by atoms with van der Waals surface area (Å²) in [7, 11) is 0. The molecule has 1 heterocycles. The molecule has 1 aliphatic rings. The third-order valence-electron chi connectivity index (χ3n) is 3.96. The number of amides is 1. The molecule has 0 atom stereocenters. The van der Waals surface area contributed by atoms with Gasteiger partial charge in [-0.1, -0.05) is 0 Å². The van der Waals surface area contributed by atoms with E-state index in [1.807, 2.05) is 33.8 Å². The Labute approximate surface area is 144 Å². The van der Waals surface area contributed by atoms with Crippen molar-refractivity contribution in [3.8, 4) is 0 Å². The molecule has 1 aromatic carbocycles. The molecule has 0 bridgehead atoms. The molecule has 0 radical (unpaired) electrons. The largest absolute Gasteiger partial charge is 0.444 e. The van der Waals surface area contributed by atoms with Crippen LogP contribution >= 0.6 is 12.6 Å². The lowest BCUT2D eigenvalue weighted by molar-refractivity contribution is 0.0139. The topological polar surface area (TPSA) is 58.8 Å². The molecule has 0 aliphatic carbocycles. The Hall–Kier alpha value is -1.40. The fourth-order valence-corrected chi connectivity index (χ4v) is 2.90. The van der Waals surface area contributed by atoms with Crippen LogP contribution in [0.25, 0.3) is 0 Å². The maximum Gasteiger partial charge on any atom is 0.410 e. The number of anilines is 1. The van der Waals surface area contributed by atoms with E-state index in [0.29, 0.717) is 13.1 Å². The maximum absolute atomic E-state index is 12.1. The Bertz CT molecular complexity index is 576. The lowest BCUT2D eigenvalue weighted by Gasteiger charge is -2.35. The number of benzene rings is 1. The van der Waals surface area contributed by atoms with Crippen LogP contribution in [0.2, 0.25) is 0 Å². The molecule has 2 N–H and O–H groups in total. The van der Waals surface area contributed by atoms with E-state index < -0.39 is 5.60 Å². The number of nitrogens with zero attached hydrogens (tertiary/aromatic N) is 2. The SMILES string of the molecule is Cc1c(N)cc(S)cc1CN1CCN(C(=O)OC(C)(C)C)CC1. The van der Waals surface area contributed by atoms with Gasteiger partial charge in [0.2, 0.25) is 0 Å². The van der Waals surface area contributed by atoms with Crippen LogP contribution in [0.4, 0.5) is 10.5 Å². The molecule has 1 saturated heterocycles. The summed E-state index contributed by atoms with van der Waals surface area (Å²) in [6, 6.07) is 3.94. The van der Waals surface area contributed by atoms with Gasteiger partial charge in [-0.25, -0.2) is 4.79 Å². The van der Waals surface area contributed by atoms with Crippen LogP contribution in [-0.4, -0.2) is 47.7 Å². The smallest absolute Gasteiger partial charge is 0.410 e. The van der Waals surface area contributed by atoms with Crippen LogP contribution in [0.5, 0.6) is 0 Å². The van der Waals surface area contributed by atoms with Crippen molar-refractivity contribution in [2.75, 3.05) is 31.9 Å². The highest BCUT2D eigenvalue weighted by atomic mass is 32.1. The second kappa shape index (κ2) is 7.01. The summed E-state index contributed by atoms with van der Waals surface area (Å²) in [5.41, 5.74) is 8.64. The summed E-state index contributed by atoms with van der Waals surface area (Å²) in [6.07, 6.45) is -0.227.